The lowest BCUT2D eigenvalue weighted by atomic mass is 10.6. The van der Waals surface area contributed by atoms with Crippen molar-refractivity contribution < 1.29 is 21.6 Å². The molecular weight excluding hydrogens is 198 g/mol. The smallest absolute Gasteiger partial charge is 0.356 e. The summed E-state index contributed by atoms with van der Waals surface area (Å²) in [6.45, 7) is 3.22. The Hall–Kier alpha value is -0.920. The first kappa shape index (κ1) is 14.6. The molecule has 6 nitrogen and oxygen atoms in total. The molecule has 0 unspecified atom stereocenters. The number of rotatable bonds is 3. The summed E-state index contributed by atoms with van der Waals surface area (Å²) in [7, 11) is -0.0446. The topological polar surface area (TPSA) is 81.7 Å². The Kier molecular flexibility index (Phi) is 8.66. The van der Waals surface area contributed by atoms with E-state index < -0.39 is 10.4 Å². The van der Waals surface area contributed by atoms with Gasteiger partial charge in [-0.15, -0.1) is 0 Å². The Morgan fingerprint density at radius 1 is 1.38 bits per heavy atom. The maximum Gasteiger partial charge on any atom is 0.399 e. The molecule has 0 saturated carbocycles. The molecule has 1 amide bonds. The van der Waals surface area contributed by atoms with Gasteiger partial charge in [0.05, 0.1) is 14.2 Å². The summed E-state index contributed by atoms with van der Waals surface area (Å²) < 4.78 is 27.5. The van der Waals surface area contributed by atoms with E-state index in [4.69, 9.17) is 0 Å². The van der Waals surface area contributed by atoms with Crippen LogP contribution in [0.1, 0.15) is 0 Å². The van der Waals surface area contributed by atoms with Gasteiger partial charge in [-0.3, -0.25) is 13.2 Å². The molecule has 0 bridgehead atoms. The molecule has 0 aromatic rings. The quantitative estimate of drug-likeness (QED) is 0.633. The van der Waals surface area contributed by atoms with Crippen LogP contribution in [0, 0.1) is 0 Å². The van der Waals surface area contributed by atoms with E-state index in [1.54, 1.807) is 7.05 Å². The highest BCUT2D eigenvalue weighted by atomic mass is 32.3. The predicted octanol–water partition coefficient (Wildman–Crippen LogP) is -0.558. The zero-order valence-corrected chi connectivity index (χ0v) is 8.55. The lowest BCUT2D eigenvalue weighted by molar-refractivity contribution is -0.116. The number of hydrogen-bond acceptors (Lipinski definition) is 5. The van der Waals surface area contributed by atoms with E-state index in [1.807, 2.05) is 0 Å². The van der Waals surface area contributed by atoms with Gasteiger partial charge >= 0.3 is 10.4 Å². The van der Waals surface area contributed by atoms with Crippen LogP contribution >= 0.6 is 0 Å². The van der Waals surface area contributed by atoms with Gasteiger partial charge in [-0.2, -0.15) is 8.42 Å². The van der Waals surface area contributed by atoms with Crippen LogP contribution in [0.25, 0.3) is 0 Å². The number of carbonyl (C=O) groups excluding carboxylic acids is 1. The average Bonchev–Trinajstić information content (AvgIpc) is 2.17. The van der Waals surface area contributed by atoms with Crippen LogP contribution in [-0.4, -0.2) is 35.6 Å². The molecule has 0 aliphatic heterocycles. The lowest BCUT2D eigenvalue weighted by Crippen LogP contribution is -2.13. The van der Waals surface area contributed by atoms with E-state index in [1.165, 1.54) is 6.08 Å². The number of carbonyl (C=O) groups is 1. The Balaban J connectivity index is 0. The highest BCUT2D eigenvalue weighted by molar-refractivity contribution is 7.81. The summed E-state index contributed by atoms with van der Waals surface area (Å²) in [5.41, 5.74) is 0. The molecule has 0 rings (SSSR count). The number of likely N-dealkylation sites (N-methyl/N-ethyl adjacent to an activating group) is 1. The van der Waals surface area contributed by atoms with Crippen molar-refractivity contribution in [1.29, 1.82) is 0 Å². The van der Waals surface area contributed by atoms with Crippen LogP contribution in [0.15, 0.2) is 12.7 Å². The molecule has 0 atom stereocenters. The van der Waals surface area contributed by atoms with Crippen molar-refractivity contribution in [3.05, 3.63) is 12.7 Å². The average molecular weight is 211 g/mol. The first-order valence-corrected chi connectivity index (χ1v) is 4.47. The standard InChI is InChI=1S/C4H7NO.C2H6O4S/c1-3-4(6)5-2;1-5-7(3,4)6-2/h3H,1H2,2H3,(H,5,6);1-2H3. The van der Waals surface area contributed by atoms with Crippen molar-refractivity contribution in [2.24, 2.45) is 0 Å². The van der Waals surface area contributed by atoms with Gasteiger partial charge in [0.2, 0.25) is 5.91 Å². The normalized spacial score (nSPS) is 9.46. The van der Waals surface area contributed by atoms with Gasteiger partial charge in [0.1, 0.15) is 0 Å². The molecule has 0 radical (unpaired) electrons. The van der Waals surface area contributed by atoms with Crippen LogP contribution in [0.5, 0.6) is 0 Å². The molecule has 0 aromatic carbocycles. The first-order valence-electron chi connectivity index (χ1n) is 3.13. The second-order valence-electron chi connectivity index (χ2n) is 1.56. The highest BCUT2D eigenvalue weighted by Crippen LogP contribution is 1.85. The summed E-state index contributed by atoms with van der Waals surface area (Å²) in [5, 5.41) is 2.36. The van der Waals surface area contributed by atoms with Crippen molar-refractivity contribution in [1.82, 2.24) is 5.32 Å². The van der Waals surface area contributed by atoms with E-state index in [0.717, 1.165) is 14.2 Å². The number of amides is 1. The van der Waals surface area contributed by atoms with Crippen LogP contribution < -0.4 is 5.32 Å². The molecule has 7 heteroatoms. The Bertz CT molecular complexity index is 236. The summed E-state index contributed by atoms with van der Waals surface area (Å²) in [6, 6.07) is 0. The zero-order chi connectivity index (χ0) is 10.9. The molecule has 0 fully saturated rings. The van der Waals surface area contributed by atoms with E-state index in [2.05, 4.69) is 20.3 Å². The summed E-state index contributed by atoms with van der Waals surface area (Å²) >= 11 is 0. The van der Waals surface area contributed by atoms with E-state index in [0.29, 0.717) is 0 Å². The highest BCUT2D eigenvalue weighted by Gasteiger charge is 2.01. The monoisotopic (exact) mass is 211 g/mol. The SMILES string of the molecule is C=CC(=O)NC.COS(=O)(=O)OC. The van der Waals surface area contributed by atoms with Crippen molar-refractivity contribution in [3.8, 4) is 0 Å². The van der Waals surface area contributed by atoms with Gasteiger partial charge < -0.3 is 5.32 Å². The van der Waals surface area contributed by atoms with Crippen molar-refractivity contribution in [2.75, 3.05) is 21.3 Å². The molecule has 0 aliphatic rings. The Morgan fingerprint density at radius 2 is 1.77 bits per heavy atom. The van der Waals surface area contributed by atoms with Crippen LogP contribution in [-0.2, 0) is 23.6 Å². The minimum atomic E-state index is -3.66. The number of hydrogen-bond donors (Lipinski definition) is 1. The number of nitrogens with one attached hydrogen (secondary N) is 1. The third kappa shape index (κ3) is 11.1. The summed E-state index contributed by atoms with van der Waals surface area (Å²) in [4.78, 5) is 9.95. The van der Waals surface area contributed by atoms with E-state index in [-0.39, 0.29) is 5.91 Å². The van der Waals surface area contributed by atoms with E-state index >= 15 is 0 Å². The second kappa shape index (κ2) is 7.71. The minimum absolute atomic E-state index is 0.144. The van der Waals surface area contributed by atoms with Gasteiger partial charge in [0.15, 0.2) is 0 Å². The Labute approximate surface area is 77.9 Å². The van der Waals surface area contributed by atoms with Crippen molar-refractivity contribution in [3.63, 3.8) is 0 Å². The van der Waals surface area contributed by atoms with Gasteiger partial charge in [-0.05, 0) is 6.08 Å². The fourth-order valence-corrected chi connectivity index (χ4v) is 0.306. The molecule has 13 heavy (non-hydrogen) atoms. The maximum absolute atomic E-state index is 9.95. The van der Waals surface area contributed by atoms with Crippen molar-refractivity contribution >= 4 is 16.3 Å². The third-order valence-corrected chi connectivity index (χ3v) is 1.66. The second-order valence-corrected chi connectivity index (χ2v) is 3.04. The van der Waals surface area contributed by atoms with Crippen molar-refractivity contribution in [2.45, 2.75) is 0 Å². The molecule has 0 spiro atoms. The zero-order valence-electron chi connectivity index (χ0n) is 7.73. The fourth-order valence-electron chi connectivity index (χ4n) is 0.170. The van der Waals surface area contributed by atoms with Gasteiger partial charge in [0, 0.05) is 7.05 Å². The molecule has 0 saturated heterocycles. The summed E-state index contributed by atoms with van der Waals surface area (Å²) in [6.07, 6.45) is 1.22. The van der Waals surface area contributed by atoms with Gasteiger partial charge in [0.25, 0.3) is 0 Å². The molecule has 0 heterocycles. The van der Waals surface area contributed by atoms with Crippen LogP contribution in [0.4, 0.5) is 0 Å². The van der Waals surface area contributed by atoms with Gasteiger partial charge in [-0.1, -0.05) is 6.58 Å². The molecule has 78 valence electrons. The van der Waals surface area contributed by atoms with E-state index in [9.17, 15) is 13.2 Å². The largest absolute Gasteiger partial charge is 0.399 e. The minimum Gasteiger partial charge on any atom is -0.356 e. The predicted molar refractivity (Wildman–Crippen MR) is 47.2 cm³/mol. The molecule has 0 aromatic heterocycles. The van der Waals surface area contributed by atoms with Gasteiger partial charge in [-0.25, -0.2) is 0 Å². The van der Waals surface area contributed by atoms with Crippen LogP contribution in [0.2, 0.25) is 0 Å². The molecule has 1 N–H and O–H groups in total. The maximum atomic E-state index is 9.95. The lowest BCUT2D eigenvalue weighted by Gasteiger charge is -1.91. The third-order valence-electron chi connectivity index (χ3n) is 0.840. The molecular formula is C6H13NO5S. The first-order chi connectivity index (χ1) is 5.93. The van der Waals surface area contributed by atoms with Crippen LogP contribution in [0.3, 0.4) is 0 Å². The summed E-state index contributed by atoms with van der Waals surface area (Å²) in [5.74, 6) is -0.144. The fraction of sp³-hybridized carbons (Fsp3) is 0.500. The molecule has 0 aliphatic carbocycles. The Morgan fingerprint density at radius 3 is 1.77 bits per heavy atom.